The first-order valence-corrected chi connectivity index (χ1v) is 6.36. The average molecular weight is 279 g/mol. The van der Waals surface area contributed by atoms with E-state index in [-0.39, 0.29) is 0 Å². The summed E-state index contributed by atoms with van der Waals surface area (Å²) in [6, 6.07) is 7.47. The number of aliphatic carboxylic acids is 1. The van der Waals surface area contributed by atoms with Crippen LogP contribution in [0.15, 0.2) is 30.5 Å². The van der Waals surface area contributed by atoms with Crippen molar-refractivity contribution in [3.8, 4) is 11.1 Å². The molecule has 1 unspecified atom stereocenters. The van der Waals surface area contributed by atoms with E-state index in [0.29, 0.717) is 11.4 Å². The number of hydrogen-bond acceptors (Lipinski definition) is 2. The molecule has 1 heterocycles. The van der Waals surface area contributed by atoms with Crippen LogP contribution in [-0.4, -0.2) is 20.9 Å². The van der Waals surface area contributed by atoms with Crippen LogP contribution < -0.4 is 0 Å². The topological polar surface area (TPSA) is 55.1 Å². The van der Waals surface area contributed by atoms with Gasteiger partial charge in [0.1, 0.15) is 0 Å². The van der Waals surface area contributed by atoms with Crippen molar-refractivity contribution in [2.75, 3.05) is 0 Å². The number of aromatic nitrogens is 2. The number of nitrogens with zero attached hydrogens (tertiary/aromatic N) is 2. The Morgan fingerprint density at radius 2 is 2.26 bits per heavy atom. The summed E-state index contributed by atoms with van der Waals surface area (Å²) < 4.78 is 1.72. The number of halogens is 1. The molecular weight excluding hydrogens is 264 g/mol. The fourth-order valence-electron chi connectivity index (χ4n) is 1.98. The minimum absolute atomic E-state index is 0.438. The monoisotopic (exact) mass is 278 g/mol. The largest absolute Gasteiger partial charge is 0.481 e. The number of rotatable bonds is 4. The van der Waals surface area contributed by atoms with Crippen LogP contribution in [-0.2, 0) is 18.3 Å². The van der Waals surface area contributed by atoms with E-state index in [1.165, 1.54) is 0 Å². The van der Waals surface area contributed by atoms with Gasteiger partial charge < -0.3 is 5.11 Å². The van der Waals surface area contributed by atoms with Gasteiger partial charge in [-0.15, -0.1) is 0 Å². The Kier molecular flexibility index (Phi) is 3.90. The molecule has 0 amide bonds. The van der Waals surface area contributed by atoms with Gasteiger partial charge in [-0.3, -0.25) is 9.48 Å². The van der Waals surface area contributed by atoms with Crippen molar-refractivity contribution in [3.05, 3.63) is 41.2 Å². The van der Waals surface area contributed by atoms with Crippen LogP contribution in [0.3, 0.4) is 0 Å². The first-order valence-electron chi connectivity index (χ1n) is 5.98. The molecule has 4 nitrogen and oxygen atoms in total. The second-order valence-electron chi connectivity index (χ2n) is 4.58. The van der Waals surface area contributed by atoms with E-state index in [2.05, 4.69) is 5.10 Å². The summed E-state index contributed by atoms with van der Waals surface area (Å²) in [5.41, 5.74) is 2.78. The first kappa shape index (κ1) is 13.6. The van der Waals surface area contributed by atoms with Crippen molar-refractivity contribution < 1.29 is 9.90 Å². The molecule has 0 saturated heterocycles. The molecule has 19 heavy (non-hydrogen) atoms. The Bertz CT molecular complexity index is 607. The fourth-order valence-corrected chi connectivity index (χ4v) is 2.17. The van der Waals surface area contributed by atoms with E-state index in [1.807, 2.05) is 25.2 Å². The zero-order valence-electron chi connectivity index (χ0n) is 10.8. The van der Waals surface area contributed by atoms with Crippen LogP contribution in [0.1, 0.15) is 12.6 Å². The molecule has 100 valence electrons. The van der Waals surface area contributed by atoms with Gasteiger partial charge in [-0.25, -0.2) is 0 Å². The van der Waals surface area contributed by atoms with Crippen LogP contribution in [0.2, 0.25) is 5.02 Å². The molecule has 0 aliphatic heterocycles. The number of hydrogen-bond donors (Lipinski definition) is 1. The average Bonchev–Trinajstić information content (AvgIpc) is 2.71. The van der Waals surface area contributed by atoms with E-state index in [4.69, 9.17) is 16.7 Å². The molecule has 0 aliphatic carbocycles. The number of aryl methyl sites for hydroxylation is 1. The summed E-state index contributed by atoms with van der Waals surface area (Å²) in [5.74, 6) is -1.26. The summed E-state index contributed by atoms with van der Waals surface area (Å²) in [7, 11) is 1.82. The van der Waals surface area contributed by atoms with Gasteiger partial charge in [0.05, 0.1) is 12.1 Å². The van der Waals surface area contributed by atoms with Crippen molar-refractivity contribution >= 4 is 17.6 Å². The smallest absolute Gasteiger partial charge is 0.306 e. The molecule has 5 heteroatoms. The molecule has 0 fully saturated rings. The summed E-state index contributed by atoms with van der Waals surface area (Å²) in [6.07, 6.45) is 2.18. The van der Waals surface area contributed by atoms with Gasteiger partial charge >= 0.3 is 5.97 Å². The minimum atomic E-state index is -0.807. The second-order valence-corrected chi connectivity index (χ2v) is 5.02. The van der Waals surface area contributed by atoms with Gasteiger partial charge in [-0.2, -0.15) is 5.10 Å². The van der Waals surface area contributed by atoms with Crippen molar-refractivity contribution in [2.24, 2.45) is 13.0 Å². The summed E-state index contributed by atoms with van der Waals surface area (Å²) >= 11 is 5.99. The maximum atomic E-state index is 11.0. The molecule has 0 saturated carbocycles. The highest BCUT2D eigenvalue weighted by molar-refractivity contribution is 6.30. The Morgan fingerprint density at radius 3 is 2.89 bits per heavy atom. The number of carboxylic acid groups (broad SMARTS) is 1. The Hall–Kier alpha value is -1.81. The van der Waals surface area contributed by atoms with Gasteiger partial charge in [0.25, 0.3) is 0 Å². The lowest BCUT2D eigenvalue weighted by atomic mass is 9.99. The van der Waals surface area contributed by atoms with Gasteiger partial charge in [0.15, 0.2) is 0 Å². The Balaban J connectivity index is 2.40. The normalized spacial score (nSPS) is 12.4. The van der Waals surface area contributed by atoms with Crippen molar-refractivity contribution in [1.29, 1.82) is 0 Å². The molecule has 1 atom stereocenters. The zero-order valence-corrected chi connectivity index (χ0v) is 11.6. The lowest BCUT2D eigenvalue weighted by Gasteiger charge is -2.09. The highest BCUT2D eigenvalue weighted by atomic mass is 35.5. The van der Waals surface area contributed by atoms with Gasteiger partial charge in [-0.05, 0) is 17.7 Å². The van der Waals surface area contributed by atoms with E-state index in [9.17, 15) is 4.79 Å². The van der Waals surface area contributed by atoms with Crippen LogP contribution in [0, 0.1) is 5.92 Å². The molecular formula is C14H15ClN2O2. The van der Waals surface area contributed by atoms with E-state index < -0.39 is 11.9 Å². The van der Waals surface area contributed by atoms with Crippen molar-refractivity contribution in [3.63, 3.8) is 0 Å². The lowest BCUT2D eigenvalue weighted by Crippen LogP contribution is -2.15. The highest BCUT2D eigenvalue weighted by Crippen LogP contribution is 2.27. The fraction of sp³-hybridized carbons (Fsp3) is 0.286. The Labute approximate surface area is 116 Å². The predicted octanol–water partition coefficient (Wildman–Crippen LogP) is 3.00. The Morgan fingerprint density at radius 1 is 1.53 bits per heavy atom. The van der Waals surface area contributed by atoms with Crippen LogP contribution in [0.25, 0.3) is 11.1 Å². The molecule has 2 rings (SSSR count). The van der Waals surface area contributed by atoms with Crippen molar-refractivity contribution in [1.82, 2.24) is 9.78 Å². The molecule has 0 bridgehead atoms. The van der Waals surface area contributed by atoms with E-state index in [1.54, 1.807) is 23.9 Å². The lowest BCUT2D eigenvalue weighted by molar-refractivity contribution is -0.141. The minimum Gasteiger partial charge on any atom is -0.481 e. The number of carbonyl (C=O) groups is 1. The molecule has 1 N–H and O–H groups in total. The van der Waals surface area contributed by atoms with Gasteiger partial charge in [0.2, 0.25) is 0 Å². The quantitative estimate of drug-likeness (QED) is 0.935. The maximum Gasteiger partial charge on any atom is 0.306 e. The zero-order chi connectivity index (χ0) is 14.0. The summed E-state index contributed by atoms with van der Waals surface area (Å²) in [5, 5.41) is 13.9. The molecule has 0 aliphatic rings. The second kappa shape index (κ2) is 5.45. The number of benzene rings is 1. The molecule has 0 radical (unpaired) electrons. The van der Waals surface area contributed by atoms with E-state index in [0.717, 1.165) is 16.8 Å². The standard InChI is InChI=1S/C14H15ClN2O2/c1-9(14(18)19)6-13-12(8-16-17(13)2)10-4-3-5-11(15)7-10/h3-5,7-9H,6H2,1-2H3,(H,18,19). The van der Waals surface area contributed by atoms with Crippen molar-refractivity contribution in [2.45, 2.75) is 13.3 Å². The summed E-state index contributed by atoms with van der Waals surface area (Å²) in [4.78, 5) is 11.0. The SMILES string of the molecule is CC(Cc1c(-c2cccc(Cl)c2)cnn1C)C(=O)O. The van der Waals surface area contributed by atoms with Crippen LogP contribution in [0.4, 0.5) is 0 Å². The number of carboxylic acids is 1. The molecule has 0 spiro atoms. The third-order valence-corrected chi connectivity index (χ3v) is 3.35. The van der Waals surface area contributed by atoms with E-state index >= 15 is 0 Å². The van der Waals surface area contributed by atoms with Gasteiger partial charge in [-0.1, -0.05) is 30.7 Å². The molecule has 1 aromatic heterocycles. The molecule has 1 aromatic carbocycles. The highest BCUT2D eigenvalue weighted by Gasteiger charge is 2.18. The van der Waals surface area contributed by atoms with Gasteiger partial charge in [0, 0.05) is 29.7 Å². The summed E-state index contributed by atoms with van der Waals surface area (Å²) in [6.45, 7) is 1.69. The van der Waals surface area contributed by atoms with Crippen LogP contribution >= 0.6 is 11.6 Å². The maximum absolute atomic E-state index is 11.0. The third kappa shape index (κ3) is 2.96. The third-order valence-electron chi connectivity index (χ3n) is 3.12. The molecule has 2 aromatic rings. The predicted molar refractivity (Wildman–Crippen MR) is 74.2 cm³/mol. The van der Waals surface area contributed by atoms with Crippen LogP contribution in [0.5, 0.6) is 0 Å². The first-order chi connectivity index (χ1) is 8.99.